The molecule has 1 nitrogen and oxygen atoms in total. The van der Waals surface area contributed by atoms with Gasteiger partial charge in [-0.25, -0.2) is 8.78 Å². The van der Waals surface area contributed by atoms with E-state index < -0.39 is 11.6 Å². The normalized spacial score (nSPS) is 11.5. The van der Waals surface area contributed by atoms with E-state index in [0.29, 0.717) is 6.42 Å². The van der Waals surface area contributed by atoms with Gasteiger partial charge in [0.1, 0.15) is 0 Å². The van der Waals surface area contributed by atoms with Crippen molar-refractivity contribution in [3.63, 3.8) is 0 Å². The number of carbonyl (C=O) groups is 1. The van der Waals surface area contributed by atoms with Crippen molar-refractivity contribution >= 4 is 5.78 Å². The molecule has 0 bridgehead atoms. The fourth-order valence-corrected chi connectivity index (χ4v) is 1.25. The van der Waals surface area contributed by atoms with Crippen LogP contribution in [0.15, 0.2) is 18.2 Å². The molecule has 0 N–H and O–H groups in total. The Bertz CT molecular complexity index is 378. The van der Waals surface area contributed by atoms with E-state index in [2.05, 4.69) is 0 Å². The highest BCUT2D eigenvalue weighted by Gasteiger charge is 2.18. The summed E-state index contributed by atoms with van der Waals surface area (Å²) >= 11 is 0. The molecule has 0 amide bonds. The Hall–Kier alpha value is -1.25. The summed E-state index contributed by atoms with van der Waals surface area (Å²) < 4.78 is 25.5. The van der Waals surface area contributed by atoms with Crippen LogP contribution in [0.25, 0.3) is 0 Å². The number of benzene rings is 1. The van der Waals surface area contributed by atoms with Gasteiger partial charge in [0.2, 0.25) is 0 Å². The topological polar surface area (TPSA) is 17.1 Å². The van der Waals surface area contributed by atoms with Crippen molar-refractivity contribution in [3.05, 3.63) is 35.4 Å². The number of Topliss-reactive ketones (excluding diaryl/α,β-unsaturated/α-hetero) is 1. The van der Waals surface area contributed by atoms with Crippen molar-refractivity contribution in [2.75, 3.05) is 0 Å². The molecular weight excluding hydrogens is 198 g/mol. The zero-order valence-electron chi connectivity index (χ0n) is 9.10. The van der Waals surface area contributed by atoms with E-state index in [9.17, 15) is 13.6 Å². The molecule has 0 aliphatic carbocycles. The molecule has 0 radical (unpaired) electrons. The quantitative estimate of drug-likeness (QED) is 0.685. The lowest BCUT2D eigenvalue weighted by atomic mass is 9.88. The third-order valence-electron chi connectivity index (χ3n) is 1.93. The Morgan fingerprint density at radius 3 is 2.27 bits per heavy atom. The number of hydrogen-bond acceptors (Lipinski definition) is 1. The first-order chi connectivity index (χ1) is 6.79. The zero-order chi connectivity index (χ0) is 11.6. The summed E-state index contributed by atoms with van der Waals surface area (Å²) in [5.74, 6) is -2.07. The third-order valence-corrected chi connectivity index (χ3v) is 1.93. The molecule has 82 valence electrons. The fourth-order valence-electron chi connectivity index (χ4n) is 1.25. The molecule has 0 aliphatic heterocycles. The number of ketones is 1. The number of halogens is 2. The Labute approximate surface area is 88.1 Å². The van der Waals surface area contributed by atoms with E-state index in [1.54, 1.807) is 0 Å². The molecule has 0 fully saturated rings. The highest BCUT2D eigenvalue weighted by atomic mass is 19.2. The zero-order valence-corrected chi connectivity index (χ0v) is 9.10. The highest BCUT2D eigenvalue weighted by molar-refractivity contribution is 5.96. The van der Waals surface area contributed by atoms with Crippen LogP contribution in [-0.2, 0) is 0 Å². The van der Waals surface area contributed by atoms with Crippen LogP contribution >= 0.6 is 0 Å². The van der Waals surface area contributed by atoms with E-state index >= 15 is 0 Å². The van der Waals surface area contributed by atoms with Crippen molar-refractivity contribution in [1.29, 1.82) is 0 Å². The van der Waals surface area contributed by atoms with Crippen LogP contribution in [-0.4, -0.2) is 5.78 Å². The maximum absolute atomic E-state index is 12.8. The van der Waals surface area contributed by atoms with Gasteiger partial charge in [-0.3, -0.25) is 4.79 Å². The Kier molecular flexibility index (Phi) is 3.22. The standard InChI is InChI=1S/C12H14F2O/c1-12(2,3)7-11(15)8-4-5-9(13)10(14)6-8/h4-6H,7H2,1-3H3. The molecule has 15 heavy (non-hydrogen) atoms. The monoisotopic (exact) mass is 212 g/mol. The van der Waals surface area contributed by atoms with Crippen molar-refractivity contribution in [2.45, 2.75) is 27.2 Å². The van der Waals surface area contributed by atoms with Crippen LogP contribution in [0.1, 0.15) is 37.6 Å². The fraction of sp³-hybridized carbons (Fsp3) is 0.417. The maximum Gasteiger partial charge on any atom is 0.163 e. The lowest BCUT2D eigenvalue weighted by Gasteiger charge is -2.16. The molecule has 1 aromatic carbocycles. The summed E-state index contributed by atoms with van der Waals surface area (Å²) in [6.45, 7) is 5.76. The molecule has 0 heterocycles. The van der Waals surface area contributed by atoms with Crippen LogP contribution in [0, 0.1) is 17.0 Å². The van der Waals surface area contributed by atoms with Gasteiger partial charge in [0.25, 0.3) is 0 Å². The third kappa shape index (κ3) is 3.42. The summed E-state index contributed by atoms with van der Waals surface area (Å²) in [4.78, 5) is 11.6. The van der Waals surface area contributed by atoms with Gasteiger partial charge in [0.15, 0.2) is 17.4 Å². The molecule has 3 heteroatoms. The van der Waals surface area contributed by atoms with E-state index in [1.807, 2.05) is 20.8 Å². The smallest absolute Gasteiger partial charge is 0.163 e. The minimum atomic E-state index is -0.977. The van der Waals surface area contributed by atoms with E-state index in [-0.39, 0.29) is 16.8 Å². The summed E-state index contributed by atoms with van der Waals surface area (Å²) in [5, 5.41) is 0. The van der Waals surface area contributed by atoms with Crippen LogP contribution < -0.4 is 0 Å². The van der Waals surface area contributed by atoms with E-state index in [0.717, 1.165) is 12.1 Å². The second kappa shape index (κ2) is 4.09. The van der Waals surface area contributed by atoms with Gasteiger partial charge in [-0.2, -0.15) is 0 Å². The average molecular weight is 212 g/mol. The number of hydrogen-bond donors (Lipinski definition) is 0. The summed E-state index contributed by atoms with van der Waals surface area (Å²) in [7, 11) is 0. The van der Waals surface area contributed by atoms with Gasteiger partial charge in [0, 0.05) is 12.0 Å². The van der Waals surface area contributed by atoms with Crippen molar-refractivity contribution in [3.8, 4) is 0 Å². The van der Waals surface area contributed by atoms with Crippen LogP contribution in [0.5, 0.6) is 0 Å². The molecular formula is C12H14F2O. The van der Waals surface area contributed by atoms with Gasteiger partial charge in [-0.05, 0) is 23.6 Å². The Balaban J connectivity index is 2.88. The second-order valence-corrected chi connectivity index (χ2v) is 4.79. The number of rotatable bonds is 2. The van der Waals surface area contributed by atoms with Gasteiger partial charge in [0.05, 0.1) is 0 Å². The first kappa shape index (κ1) is 11.8. The Morgan fingerprint density at radius 2 is 1.80 bits per heavy atom. The Morgan fingerprint density at radius 1 is 1.20 bits per heavy atom. The predicted molar refractivity (Wildman–Crippen MR) is 54.8 cm³/mol. The molecule has 0 atom stereocenters. The predicted octanol–water partition coefficient (Wildman–Crippen LogP) is 3.58. The first-order valence-corrected chi connectivity index (χ1v) is 4.78. The molecule has 0 aromatic heterocycles. The van der Waals surface area contributed by atoms with Crippen LogP contribution in [0.4, 0.5) is 8.78 Å². The maximum atomic E-state index is 12.8. The first-order valence-electron chi connectivity index (χ1n) is 4.78. The lowest BCUT2D eigenvalue weighted by molar-refractivity contribution is 0.0939. The van der Waals surface area contributed by atoms with Gasteiger partial charge in [-0.15, -0.1) is 0 Å². The molecule has 1 aromatic rings. The highest BCUT2D eigenvalue weighted by Crippen LogP contribution is 2.22. The lowest BCUT2D eigenvalue weighted by Crippen LogP contribution is -2.13. The summed E-state index contributed by atoms with van der Waals surface area (Å²) in [6, 6.07) is 3.24. The SMILES string of the molecule is CC(C)(C)CC(=O)c1ccc(F)c(F)c1. The molecule has 0 saturated heterocycles. The number of carbonyl (C=O) groups excluding carboxylic acids is 1. The molecule has 1 rings (SSSR count). The van der Waals surface area contributed by atoms with Gasteiger partial charge >= 0.3 is 0 Å². The van der Waals surface area contributed by atoms with Crippen molar-refractivity contribution < 1.29 is 13.6 Å². The van der Waals surface area contributed by atoms with Crippen LogP contribution in [0.3, 0.4) is 0 Å². The molecule has 0 unspecified atom stereocenters. The van der Waals surface area contributed by atoms with Crippen molar-refractivity contribution in [1.82, 2.24) is 0 Å². The average Bonchev–Trinajstić information content (AvgIpc) is 2.06. The minimum absolute atomic E-state index is 0.151. The molecule has 0 saturated carbocycles. The molecule has 0 aliphatic rings. The van der Waals surface area contributed by atoms with Crippen molar-refractivity contribution in [2.24, 2.45) is 5.41 Å². The van der Waals surface area contributed by atoms with E-state index in [4.69, 9.17) is 0 Å². The van der Waals surface area contributed by atoms with Crippen LogP contribution in [0.2, 0.25) is 0 Å². The van der Waals surface area contributed by atoms with Gasteiger partial charge in [-0.1, -0.05) is 20.8 Å². The minimum Gasteiger partial charge on any atom is -0.294 e. The summed E-state index contributed by atoms with van der Waals surface area (Å²) in [5.41, 5.74) is 0.0749. The molecule has 0 spiro atoms. The summed E-state index contributed by atoms with van der Waals surface area (Å²) in [6.07, 6.45) is 0.318. The van der Waals surface area contributed by atoms with E-state index in [1.165, 1.54) is 6.07 Å². The second-order valence-electron chi connectivity index (χ2n) is 4.79. The van der Waals surface area contributed by atoms with Gasteiger partial charge < -0.3 is 0 Å². The largest absolute Gasteiger partial charge is 0.294 e.